The fourth-order valence-electron chi connectivity index (χ4n) is 9.72. The number of nitrogens with zero attached hydrogens (tertiary/aromatic N) is 2. The second-order valence-electron chi connectivity index (χ2n) is 17.2. The van der Waals surface area contributed by atoms with E-state index in [2.05, 4.69) is 237 Å². The Labute approximate surface area is 352 Å². The molecule has 0 bridgehead atoms. The molecule has 8 aromatic carbocycles. The highest BCUT2D eigenvalue weighted by molar-refractivity contribution is 7.19. The van der Waals surface area contributed by atoms with Gasteiger partial charge in [-0.2, -0.15) is 0 Å². The molecule has 3 heterocycles. The molecule has 2 aromatic heterocycles. The van der Waals surface area contributed by atoms with Crippen LogP contribution in [0, 0.1) is 0 Å². The van der Waals surface area contributed by atoms with Crippen LogP contribution in [0.1, 0.15) is 27.7 Å². The largest absolute Gasteiger partial charge is 0.494 e. The molecule has 11 rings (SSSR count). The van der Waals surface area contributed by atoms with E-state index in [0.717, 1.165) is 33.3 Å². The molecule has 60 heavy (non-hydrogen) atoms. The predicted octanol–water partition coefficient (Wildman–Crippen LogP) is 9.56. The van der Waals surface area contributed by atoms with Crippen LogP contribution in [0.25, 0.3) is 55.0 Å². The van der Waals surface area contributed by atoms with Crippen molar-refractivity contribution in [2.24, 2.45) is 0 Å². The van der Waals surface area contributed by atoms with Gasteiger partial charge in [0.1, 0.15) is 0 Å². The number of rotatable bonds is 7. The van der Waals surface area contributed by atoms with Crippen molar-refractivity contribution in [3.8, 4) is 11.4 Å². The van der Waals surface area contributed by atoms with Crippen LogP contribution in [0.15, 0.2) is 200 Å². The number of para-hydroxylation sites is 2. The van der Waals surface area contributed by atoms with Gasteiger partial charge in [-0.3, -0.25) is 0 Å². The van der Waals surface area contributed by atoms with Crippen LogP contribution in [0.2, 0.25) is 0 Å². The number of fused-ring (bicyclic) bond motifs is 6. The average molecular weight is 793 g/mol. The summed E-state index contributed by atoms with van der Waals surface area (Å²) in [7, 11) is -3.26. The molecule has 0 saturated carbocycles. The minimum atomic E-state index is -2.78. The molecule has 0 amide bonds. The van der Waals surface area contributed by atoms with E-state index in [1.807, 2.05) is 0 Å². The number of aromatic nitrogens is 2. The Bertz CT molecular complexity index is 3060. The van der Waals surface area contributed by atoms with E-state index in [4.69, 9.17) is 9.31 Å². The van der Waals surface area contributed by atoms with Gasteiger partial charge in [-0.1, -0.05) is 152 Å². The molecule has 0 aliphatic carbocycles. The topological polar surface area (TPSA) is 28.3 Å². The van der Waals surface area contributed by atoms with Crippen molar-refractivity contribution < 1.29 is 9.31 Å². The van der Waals surface area contributed by atoms with Crippen LogP contribution in [-0.4, -0.2) is 35.5 Å². The number of benzene rings is 8. The lowest BCUT2D eigenvalue weighted by Crippen LogP contribution is -2.74. The van der Waals surface area contributed by atoms with Crippen molar-refractivity contribution >= 4 is 85.0 Å². The molecule has 4 nitrogen and oxygen atoms in total. The minimum Gasteiger partial charge on any atom is -0.399 e. The Hall–Kier alpha value is -6.44. The average Bonchev–Trinajstić information content (AvgIpc) is 3.87. The molecule has 0 unspecified atom stereocenters. The van der Waals surface area contributed by atoms with Gasteiger partial charge in [0, 0.05) is 32.9 Å². The summed E-state index contributed by atoms with van der Waals surface area (Å²) in [5.74, 6) is 0. The summed E-state index contributed by atoms with van der Waals surface area (Å²) in [6.07, 6.45) is 0. The smallest absolute Gasteiger partial charge is 0.399 e. The first-order valence-electron chi connectivity index (χ1n) is 20.9. The first-order valence-corrected chi connectivity index (χ1v) is 22.9. The van der Waals surface area contributed by atoms with E-state index in [9.17, 15) is 0 Å². The van der Waals surface area contributed by atoms with Gasteiger partial charge in [0.05, 0.1) is 33.3 Å². The predicted molar refractivity (Wildman–Crippen MR) is 254 cm³/mol. The Morgan fingerprint density at radius 1 is 0.367 bits per heavy atom. The monoisotopic (exact) mass is 792 g/mol. The van der Waals surface area contributed by atoms with Crippen LogP contribution in [0.3, 0.4) is 0 Å². The van der Waals surface area contributed by atoms with Gasteiger partial charge < -0.3 is 18.4 Å². The molecular weight excluding hydrogens is 748 g/mol. The molecular formula is C54H45BN2O2Si. The van der Waals surface area contributed by atoms with Crippen LogP contribution in [-0.2, 0) is 9.31 Å². The van der Waals surface area contributed by atoms with Crippen molar-refractivity contribution in [3.05, 3.63) is 200 Å². The fourth-order valence-corrected chi connectivity index (χ4v) is 14.5. The maximum absolute atomic E-state index is 6.63. The maximum atomic E-state index is 6.63. The molecule has 0 atom stereocenters. The fraction of sp³-hybridized carbons (Fsp3) is 0.111. The third-order valence-corrected chi connectivity index (χ3v) is 18.1. The third kappa shape index (κ3) is 5.52. The molecule has 0 spiro atoms. The summed E-state index contributed by atoms with van der Waals surface area (Å²) in [5.41, 5.74) is 7.03. The molecule has 10 aromatic rings. The first-order chi connectivity index (χ1) is 29.2. The zero-order chi connectivity index (χ0) is 40.6. The molecule has 0 N–H and O–H groups in total. The number of hydrogen-bond donors (Lipinski definition) is 0. The van der Waals surface area contributed by atoms with Crippen LogP contribution < -0.4 is 26.2 Å². The highest BCUT2D eigenvalue weighted by atomic mass is 28.3. The highest BCUT2D eigenvalue weighted by Gasteiger charge is 2.52. The first kappa shape index (κ1) is 36.6. The van der Waals surface area contributed by atoms with Crippen molar-refractivity contribution in [2.75, 3.05) is 0 Å². The van der Waals surface area contributed by atoms with Crippen LogP contribution in [0.5, 0.6) is 0 Å². The van der Waals surface area contributed by atoms with E-state index in [1.54, 1.807) is 0 Å². The van der Waals surface area contributed by atoms with Gasteiger partial charge in [0.25, 0.3) is 0 Å². The lowest BCUT2D eigenvalue weighted by Gasteiger charge is -2.34. The zero-order valence-corrected chi connectivity index (χ0v) is 35.3. The van der Waals surface area contributed by atoms with E-state index in [1.165, 1.54) is 47.9 Å². The Kier molecular flexibility index (Phi) is 8.44. The second kappa shape index (κ2) is 13.8. The standard InChI is InChI=1S/C54H45BN2O2Si/c1-53(2)54(3,4)59-55(58-53)38-31-33-51-47(35-38)48-37-40(57-49-29-16-14-27-45(49)46-28-15-17-30-50(46)57)32-34-52(48)56(51)39-19-18-26-44(36-39)60(41-20-8-5-9-21-41,42-22-10-6-11-23-42)43-24-12-7-13-25-43/h5-37H,1-4H3. The number of hydrogen-bond acceptors (Lipinski definition) is 2. The second-order valence-corrected chi connectivity index (χ2v) is 21.0. The van der Waals surface area contributed by atoms with E-state index in [-0.39, 0.29) is 0 Å². The molecule has 1 saturated heterocycles. The molecule has 1 fully saturated rings. The summed E-state index contributed by atoms with van der Waals surface area (Å²) in [6, 6.07) is 74.0. The minimum absolute atomic E-state index is 0.447. The highest BCUT2D eigenvalue weighted by Crippen LogP contribution is 2.39. The Morgan fingerprint density at radius 3 is 1.32 bits per heavy atom. The molecule has 290 valence electrons. The lowest BCUT2D eigenvalue weighted by atomic mass is 9.78. The van der Waals surface area contributed by atoms with Crippen molar-refractivity contribution in [2.45, 2.75) is 38.9 Å². The normalized spacial score (nSPS) is 15.1. The van der Waals surface area contributed by atoms with Crippen molar-refractivity contribution in [3.63, 3.8) is 0 Å². The summed E-state index contributed by atoms with van der Waals surface area (Å²) in [6.45, 7) is 8.47. The molecule has 1 aliphatic heterocycles. The molecule has 1 aliphatic rings. The van der Waals surface area contributed by atoms with Crippen molar-refractivity contribution in [1.29, 1.82) is 0 Å². The third-order valence-electron chi connectivity index (χ3n) is 13.3. The van der Waals surface area contributed by atoms with Gasteiger partial charge in [-0.15, -0.1) is 0 Å². The summed E-state index contributed by atoms with van der Waals surface area (Å²) in [4.78, 5) is 0. The maximum Gasteiger partial charge on any atom is 0.494 e. The summed E-state index contributed by atoms with van der Waals surface area (Å²) in [5, 5.41) is 10.2. The summed E-state index contributed by atoms with van der Waals surface area (Å²) < 4.78 is 18.1. The summed E-state index contributed by atoms with van der Waals surface area (Å²) >= 11 is 0. The van der Waals surface area contributed by atoms with E-state index >= 15 is 0 Å². The van der Waals surface area contributed by atoms with Crippen molar-refractivity contribution in [1.82, 2.24) is 9.13 Å². The van der Waals surface area contributed by atoms with E-state index < -0.39 is 26.4 Å². The van der Waals surface area contributed by atoms with E-state index in [0.29, 0.717) is 0 Å². The van der Waals surface area contributed by atoms with Crippen LogP contribution in [0.4, 0.5) is 0 Å². The van der Waals surface area contributed by atoms with Gasteiger partial charge in [-0.05, 0) is 102 Å². The molecule has 6 heteroatoms. The quantitative estimate of drug-likeness (QED) is 0.119. The lowest BCUT2D eigenvalue weighted by molar-refractivity contribution is 0.00578. The van der Waals surface area contributed by atoms with Gasteiger partial charge in [0.15, 0.2) is 8.07 Å². The van der Waals surface area contributed by atoms with Gasteiger partial charge in [0.2, 0.25) is 0 Å². The van der Waals surface area contributed by atoms with Crippen LogP contribution >= 0.6 is 0 Å². The van der Waals surface area contributed by atoms with Gasteiger partial charge >= 0.3 is 7.12 Å². The SMILES string of the molecule is CC1(C)OB(c2ccc3c(c2)c2cc(-n4c5ccccc5c5ccccc54)ccc2n3-c2cccc([Si](c3ccccc3)(c3ccccc3)c3ccccc3)c2)OC1(C)C. The molecule has 0 radical (unpaired) electrons. The Morgan fingerprint density at radius 2 is 0.783 bits per heavy atom. The van der Waals surface area contributed by atoms with Gasteiger partial charge in [-0.25, -0.2) is 0 Å². The zero-order valence-electron chi connectivity index (χ0n) is 34.3. The Balaban J connectivity index is 1.18.